The number of nitrogens with zero attached hydrogens (tertiary/aromatic N) is 2. The third kappa shape index (κ3) is 5.14. The van der Waals surface area contributed by atoms with Gasteiger partial charge in [-0.15, -0.1) is 0 Å². The summed E-state index contributed by atoms with van der Waals surface area (Å²) < 4.78 is 19.7. The van der Waals surface area contributed by atoms with Gasteiger partial charge in [0, 0.05) is 59.9 Å². The normalized spacial score (nSPS) is 19.6. The largest absolute Gasteiger partial charge is 0.497 e. The molecule has 2 aliphatic rings. The predicted octanol–water partition coefficient (Wildman–Crippen LogP) is 6.08. The van der Waals surface area contributed by atoms with Crippen molar-refractivity contribution in [2.75, 3.05) is 12.0 Å². The van der Waals surface area contributed by atoms with Crippen molar-refractivity contribution in [3.05, 3.63) is 77.4 Å². The van der Waals surface area contributed by atoms with E-state index in [2.05, 4.69) is 29.0 Å². The maximum Gasteiger partial charge on any atom is 0.217 e. The number of fused-ring (bicyclic) bond motifs is 3. The van der Waals surface area contributed by atoms with E-state index in [0.717, 1.165) is 53.8 Å². The van der Waals surface area contributed by atoms with E-state index in [9.17, 15) is 14.0 Å². The van der Waals surface area contributed by atoms with Gasteiger partial charge in [0.05, 0.1) is 19.3 Å². The van der Waals surface area contributed by atoms with Gasteiger partial charge >= 0.3 is 0 Å². The van der Waals surface area contributed by atoms with Crippen molar-refractivity contribution in [3.63, 3.8) is 0 Å². The average Bonchev–Trinajstić information content (AvgIpc) is 3.48. The molecule has 2 aromatic carbocycles. The molecule has 3 unspecified atom stereocenters. The number of amides is 1. The molecule has 0 saturated heterocycles. The Balaban J connectivity index is 1.64. The molecule has 1 amide bonds. The molecule has 204 valence electrons. The number of rotatable bonds is 9. The molecule has 0 radical (unpaired) electrons. The molecule has 1 saturated carbocycles. The van der Waals surface area contributed by atoms with Crippen LogP contribution in [0.5, 0.6) is 5.75 Å². The Labute approximate surface area is 229 Å². The van der Waals surface area contributed by atoms with Gasteiger partial charge in [-0.2, -0.15) is 0 Å². The highest BCUT2D eigenvalue weighted by Gasteiger charge is 2.50. The molecule has 1 aromatic heterocycles. The molecule has 2 heterocycles. The Morgan fingerprint density at radius 3 is 2.49 bits per heavy atom. The van der Waals surface area contributed by atoms with E-state index >= 15 is 0 Å². The second-order valence-electron chi connectivity index (χ2n) is 10.7. The summed E-state index contributed by atoms with van der Waals surface area (Å²) in [5.74, 6) is 0.465. The fraction of sp³-hybridized carbons (Fsp3) is 0.406. The van der Waals surface area contributed by atoms with Gasteiger partial charge in [0.15, 0.2) is 5.78 Å². The lowest BCUT2D eigenvalue weighted by atomic mass is 9.90. The first-order valence-corrected chi connectivity index (χ1v) is 13.8. The van der Waals surface area contributed by atoms with Gasteiger partial charge in [-0.1, -0.05) is 26.0 Å². The number of methoxy groups -OCH3 is 1. The molecule has 3 atom stereocenters. The number of carbonyl (C=O) groups is 2. The molecule has 5 rings (SSSR count). The maximum atomic E-state index is 14.4. The van der Waals surface area contributed by atoms with E-state index in [4.69, 9.17) is 4.74 Å². The summed E-state index contributed by atoms with van der Waals surface area (Å²) in [5.41, 5.74) is 5.13. The molecule has 6 nitrogen and oxygen atoms in total. The van der Waals surface area contributed by atoms with E-state index in [1.165, 1.54) is 12.3 Å². The van der Waals surface area contributed by atoms with Gasteiger partial charge in [0.1, 0.15) is 11.6 Å². The molecule has 1 aliphatic heterocycles. The summed E-state index contributed by atoms with van der Waals surface area (Å²) in [6, 6.07) is 13.3. The number of hydrogen-bond acceptors (Lipinski definition) is 5. The molecule has 39 heavy (non-hydrogen) atoms. The Kier molecular flexibility index (Phi) is 7.69. The van der Waals surface area contributed by atoms with Crippen LogP contribution in [0, 0.1) is 5.82 Å². The summed E-state index contributed by atoms with van der Waals surface area (Å²) >= 11 is 0. The minimum Gasteiger partial charge on any atom is -0.497 e. The lowest BCUT2D eigenvalue weighted by molar-refractivity contribution is -0.119. The average molecular weight is 530 g/mol. The summed E-state index contributed by atoms with van der Waals surface area (Å²) in [6.45, 7) is 5.93. The predicted molar refractivity (Wildman–Crippen MR) is 151 cm³/mol. The highest BCUT2D eigenvalue weighted by atomic mass is 19.1. The molecule has 1 N–H and O–H groups in total. The van der Waals surface area contributed by atoms with E-state index < -0.39 is 5.82 Å². The van der Waals surface area contributed by atoms with Gasteiger partial charge in [0.25, 0.3) is 0 Å². The number of aromatic nitrogens is 1. The quantitative estimate of drug-likeness (QED) is 0.340. The molecule has 7 heteroatoms. The second kappa shape index (κ2) is 11.2. The number of ether oxygens (including phenoxy) is 1. The second-order valence-corrected chi connectivity index (χ2v) is 10.7. The molecule has 0 spiro atoms. The fourth-order valence-corrected chi connectivity index (χ4v) is 6.58. The van der Waals surface area contributed by atoms with Crippen LogP contribution in [0.25, 0.3) is 11.1 Å². The van der Waals surface area contributed by atoms with Gasteiger partial charge < -0.3 is 15.0 Å². The molecule has 0 bridgehead atoms. The van der Waals surface area contributed by atoms with Crippen molar-refractivity contribution >= 4 is 17.4 Å². The minimum atomic E-state index is -0.417. The highest BCUT2D eigenvalue weighted by molar-refractivity contribution is 6.01. The third-order valence-corrected chi connectivity index (χ3v) is 8.32. The summed E-state index contributed by atoms with van der Waals surface area (Å²) in [5, 5.41) is 3.20. The Morgan fingerprint density at radius 2 is 1.85 bits per heavy atom. The van der Waals surface area contributed by atoms with Crippen molar-refractivity contribution in [3.8, 4) is 16.9 Å². The number of anilines is 1. The van der Waals surface area contributed by atoms with E-state index in [1.807, 2.05) is 36.4 Å². The third-order valence-electron chi connectivity index (χ3n) is 8.32. The lowest BCUT2D eigenvalue weighted by Crippen LogP contribution is -2.51. The number of halogens is 1. The fourth-order valence-electron chi connectivity index (χ4n) is 6.58. The van der Waals surface area contributed by atoms with E-state index in [1.54, 1.807) is 20.2 Å². The highest BCUT2D eigenvalue weighted by Crippen LogP contribution is 2.54. The van der Waals surface area contributed by atoms with E-state index in [-0.39, 0.29) is 42.2 Å². The van der Waals surface area contributed by atoms with Crippen molar-refractivity contribution in [2.45, 2.75) is 76.9 Å². The lowest BCUT2D eigenvalue weighted by Gasteiger charge is -2.38. The van der Waals surface area contributed by atoms with Crippen LogP contribution in [0.15, 0.2) is 54.9 Å². The topological polar surface area (TPSA) is 71.5 Å². The molecule has 1 aliphatic carbocycles. The zero-order chi connectivity index (χ0) is 27.7. The van der Waals surface area contributed by atoms with Crippen LogP contribution in [-0.4, -0.2) is 41.9 Å². The van der Waals surface area contributed by atoms with Gasteiger partial charge in [0.2, 0.25) is 5.91 Å². The molecular formula is C32H36FN3O3. The maximum absolute atomic E-state index is 14.4. The zero-order valence-corrected chi connectivity index (χ0v) is 23.0. The van der Waals surface area contributed by atoms with Gasteiger partial charge in [-0.3, -0.25) is 14.6 Å². The van der Waals surface area contributed by atoms with Crippen molar-refractivity contribution in [1.29, 1.82) is 0 Å². The SMILES string of the molecule is CCC(CC)N1c2c(-c3cncc(F)c3)cc(C(=O)Cc3ccc(OC)cc3)cc2C2CCC(NC(C)=O)C21. The number of Topliss-reactive ketones (excluding diaryl/α,β-unsaturated/α-hetero) is 1. The van der Waals surface area contributed by atoms with Crippen LogP contribution in [0.2, 0.25) is 0 Å². The molecular weight excluding hydrogens is 493 g/mol. The first-order chi connectivity index (χ1) is 18.8. The minimum absolute atomic E-state index is 0.00233. The monoisotopic (exact) mass is 529 g/mol. The Bertz CT molecular complexity index is 1370. The Morgan fingerprint density at radius 1 is 1.10 bits per heavy atom. The van der Waals surface area contributed by atoms with Crippen LogP contribution in [-0.2, 0) is 11.2 Å². The first-order valence-electron chi connectivity index (χ1n) is 13.8. The summed E-state index contributed by atoms with van der Waals surface area (Å²) in [4.78, 5) is 32.4. The number of carbonyl (C=O) groups excluding carboxylic acids is 2. The van der Waals surface area contributed by atoms with Crippen LogP contribution in [0.3, 0.4) is 0 Å². The summed E-state index contributed by atoms with van der Waals surface area (Å²) in [6.07, 6.45) is 6.78. The smallest absolute Gasteiger partial charge is 0.217 e. The Hall–Kier alpha value is -3.74. The standard InChI is InChI=1S/C32H36FN3O3/c1-5-24(6-2)36-31-27(22-14-23(33)18-34-17-22)15-21(30(38)13-20-7-9-25(39-4)10-8-20)16-28(31)26-11-12-29(32(26)36)35-19(3)37/h7-10,14-18,24,26,29,32H,5-6,11-13H2,1-4H3,(H,35,37). The number of nitrogens with one attached hydrogen (secondary N) is 1. The van der Waals surface area contributed by atoms with Crippen LogP contribution in [0.1, 0.15) is 73.9 Å². The van der Waals surface area contributed by atoms with Crippen LogP contribution >= 0.6 is 0 Å². The number of ketones is 1. The number of benzene rings is 2. The van der Waals surface area contributed by atoms with Crippen LogP contribution in [0.4, 0.5) is 10.1 Å². The van der Waals surface area contributed by atoms with Crippen LogP contribution < -0.4 is 15.0 Å². The molecule has 1 fully saturated rings. The van der Waals surface area contributed by atoms with E-state index in [0.29, 0.717) is 11.1 Å². The van der Waals surface area contributed by atoms with Crippen molar-refractivity contribution in [1.82, 2.24) is 10.3 Å². The van der Waals surface area contributed by atoms with Gasteiger partial charge in [-0.25, -0.2) is 4.39 Å². The first kappa shape index (κ1) is 26.9. The van der Waals surface area contributed by atoms with Gasteiger partial charge in [-0.05, 0) is 67.1 Å². The van der Waals surface area contributed by atoms with Crippen molar-refractivity contribution in [2.24, 2.45) is 0 Å². The van der Waals surface area contributed by atoms with Crippen molar-refractivity contribution < 1.29 is 18.7 Å². The number of pyridine rings is 1. The zero-order valence-electron chi connectivity index (χ0n) is 23.0. The summed E-state index contributed by atoms with van der Waals surface area (Å²) in [7, 11) is 1.62. The molecule has 3 aromatic rings. The number of hydrogen-bond donors (Lipinski definition) is 1.